The molecule has 3 aromatic rings. The molecule has 1 fully saturated rings. The number of anilines is 2. The highest BCUT2D eigenvalue weighted by atomic mass is 32.2. The van der Waals surface area contributed by atoms with Crippen LogP contribution in [0, 0.1) is 0 Å². The van der Waals surface area contributed by atoms with E-state index in [0.29, 0.717) is 30.3 Å². The summed E-state index contributed by atoms with van der Waals surface area (Å²) in [6.45, 7) is 7.36. The third-order valence-corrected chi connectivity index (χ3v) is 6.92. The van der Waals surface area contributed by atoms with Crippen LogP contribution < -0.4 is 9.04 Å². The first-order chi connectivity index (χ1) is 15.3. The van der Waals surface area contributed by atoms with Crippen molar-refractivity contribution in [1.29, 1.82) is 0 Å². The second kappa shape index (κ2) is 8.96. The van der Waals surface area contributed by atoms with Crippen LogP contribution in [0.25, 0.3) is 0 Å². The van der Waals surface area contributed by atoms with Crippen molar-refractivity contribution in [2.24, 2.45) is 0 Å². The summed E-state index contributed by atoms with van der Waals surface area (Å²) in [5.74, 6) is 0.578. The van der Waals surface area contributed by atoms with Crippen molar-refractivity contribution >= 4 is 21.4 Å². The molecule has 1 heterocycles. The molecular formula is C26H29NO4S. The minimum Gasteiger partial charge on any atom is -0.490 e. The fraction of sp³-hybridized carbons (Fsp3) is 0.308. The van der Waals surface area contributed by atoms with Crippen LogP contribution in [-0.2, 0) is 25.9 Å². The van der Waals surface area contributed by atoms with Crippen molar-refractivity contribution in [2.45, 2.75) is 38.0 Å². The number of hydrogen-bond acceptors (Lipinski definition) is 4. The molecule has 1 saturated heterocycles. The van der Waals surface area contributed by atoms with E-state index in [9.17, 15) is 8.42 Å². The van der Waals surface area contributed by atoms with Crippen molar-refractivity contribution in [3.05, 3.63) is 90.0 Å². The predicted molar refractivity (Wildman–Crippen MR) is 128 cm³/mol. The van der Waals surface area contributed by atoms with E-state index in [1.807, 2.05) is 78.9 Å². The third-order valence-electron chi connectivity index (χ3n) is 5.26. The first kappa shape index (κ1) is 22.4. The number of nitrogens with zero attached hydrogens (tertiary/aromatic N) is 1. The second-order valence-electron chi connectivity index (χ2n) is 9.01. The molecule has 1 atom stereocenters. The van der Waals surface area contributed by atoms with E-state index in [0.717, 1.165) is 11.1 Å². The highest BCUT2D eigenvalue weighted by molar-refractivity contribution is 7.92. The Labute approximate surface area is 190 Å². The summed E-state index contributed by atoms with van der Waals surface area (Å²) in [6.07, 6.45) is 0.110. The highest BCUT2D eigenvalue weighted by Gasteiger charge is 2.33. The Balaban J connectivity index is 1.85. The Kier molecular flexibility index (Phi) is 6.26. The zero-order valence-electron chi connectivity index (χ0n) is 18.7. The monoisotopic (exact) mass is 451 g/mol. The Bertz CT molecular complexity index is 1150. The van der Waals surface area contributed by atoms with E-state index >= 15 is 0 Å². The molecule has 0 radical (unpaired) electrons. The molecule has 6 heteroatoms. The lowest BCUT2D eigenvalue weighted by Gasteiger charge is -2.32. The zero-order chi connectivity index (χ0) is 22.8. The van der Waals surface area contributed by atoms with Gasteiger partial charge in [-0.25, -0.2) is 12.7 Å². The molecule has 3 aromatic carbocycles. The number of rotatable bonds is 8. The van der Waals surface area contributed by atoms with Crippen LogP contribution in [0.1, 0.15) is 31.9 Å². The van der Waals surface area contributed by atoms with Crippen molar-refractivity contribution in [3.63, 3.8) is 0 Å². The van der Waals surface area contributed by atoms with Crippen molar-refractivity contribution in [3.8, 4) is 5.75 Å². The molecular weight excluding hydrogens is 422 g/mol. The van der Waals surface area contributed by atoms with Crippen LogP contribution in [0.2, 0.25) is 0 Å². The van der Waals surface area contributed by atoms with Crippen LogP contribution >= 0.6 is 0 Å². The molecule has 0 saturated carbocycles. The van der Waals surface area contributed by atoms with Crippen LogP contribution in [0.3, 0.4) is 0 Å². The average Bonchev–Trinajstić information content (AvgIpc) is 3.57. The van der Waals surface area contributed by atoms with E-state index in [2.05, 4.69) is 20.8 Å². The zero-order valence-corrected chi connectivity index (χ0v) is 19.5. The summed E-state index contributed by atoms with van der Waals surface area (Å²) >= 11 is 0. The van der Waals surface area contributed by atoms with E-state index in [1.54, 1.807) is 0 Å². The minimum absolute atomic E-state index is 0.104. The van der Waals surface area contributed by atoms with Crippen LogP contribution in [-0.4, -0.2) is 27.7 Å². The summed E-state index contributed by atoms with van der Waals surface area (Å²) in [5.41, 5.74) is 2.43. The maximum Gasteiger partial charge on any atom is 0.243 e. The lowest BCUT2D eigenvalue weighted by Crippen LogP contribution is -2.30. The molecule has 1 aliphatic heterocycles. The quantitative estimate of drug-likeness (QED) is 0.429. The van der Waals surface area contributed by atoms with Gasteiger partial charge in [-0.15, -0.1) is 0 Å². The topological polar surface area (TPSA) is 59.1 Å². The Morgan fingerprint density at radius 2 is 1.56 bits per heavy atom. The van der Waals surface area contributed by atoms with E-state index < -0.39 is 10.0 Å². The second-order valence-corrected chi connectivity index (χ2v) is 10.8. The normalized spacial score (nSPS) is 15.9. The van der Waals surface area contributed by atoms with Gasteiger partial charge in [0.2, 0.25) is 10.0 Å². The number of para-hydroxylation sites is 1. The fourth-order valence-electron chi connectivity index (χ4n) is 3.77. The fourth-order valence-corrected chi connectivity index (χ4v) is 5.41. The van der Waals surface area contributed by atoms with E-state index in [1.165, 1.54) is 4.31 Å². The maximum atomic E-state index is 13.8. The summed E-state index contributed by atoms with van der Waals surface area (Å²) < 4.78 is 40.5. The summed E-state index contributed by atoms with van der Waals surface area (Å²) in [6, 6.07) is 24.1. The molecule has 0 aromatic heterocycles. The highest BCUT2D eigenvalue weighted by Crippen LogP contribution is 2.43. The number of sulfonamides is 1. The van der Waals surface area contributed by atoms with Crippen LogP contribution in [0.5, 0.6) is 5.75 Å². The Morgan fingerprint density at radius 3 is 2.16 bits per heavy atom. The molecule has 0 aliphatic carbocycles. The molecule has 0 spiro atoms. The van der Waals surface area contributed by atoms with Crippen LogP contribution in [0.15, 0.2) is 78.9 Å². The average molecular weight is 452 g/mol. The summed E-state index contributed by atoms with van der Waals surface area (Å²) in [5, 5.41) is 0. The van der Waals surface area contributed by atoms with Crippen molar-refractivity contribution < 1.29 is 17.9 Å². The Hall–Kier alpha value is -2.83. The summed E-state index contributed by atoms with van der Waals surface area (Å²) in [4.78, 5) is 0. The Morgan fingerprint density at radius 1 is 0.938 bits per heavy atom. The van der Waals surface area contributed by atoms with E-state index in [4.69, 9.17) is 9.47 Å². The van der Waals surface area contributed by atoms with E-state index in [-0.39, 0.29) is 17.3 Å². The number of ether oxygens (including phenoxy) is 2. The van der Waals surface area contributed by atoms with Gasteiger partial charge < -0.3 is 9.47 Å². The molecule has 0 bridgehead atoms. The lowest BCUT2D eigenvalue weighted by molar-refractivity contribution is 0.258. The number of epoxide rings is 1. The molecule has 32 heavy (non-hydrogen) atoms. The largest absolute Gasteiger partial charge is 0.490 e. The number of hydrogen-bond donors (Lipinski definition) is 0. The van der Waals surface area contributed by atoms with Crippen molar-refractivity contribution in [1.82, 2.24) is 0 Å². The smallest absolute Gasteiger partial charge is 0.243 e. The van der Waals surface area contributed by atoms with Gasteiger partial charge in [0.1, 0.15) is 18.5 Å². The van der Waals surface area contributed by atoms with Gasteiger partial charge in [-0.3, -0.25) is 0 Å². The third kappa shape index (κ3) is 5.14. The van der Waals surface area contributed by atoms with Gasteiger partial charge in [-0.2, -0.15) is 0 Å². The SMILES string of the molecule is CC(C)(C)c1c(OCC2CO2)cccc1N(c1ccccc1)S(=O)(=O)Cc1ccccc1. The first-order valence-electron chi connectivity index (χ1n) is 10.8. The number of benzene rings is 3. The van der Waals surface area contributed by atoms with Crippen LogP contribution in [0.4, 0.5) is 11.4 Å². The molecule has 1 aliphatic rings. The molecule has 0 N–H and O–H groups in total. The van der Waals surface area contributed by atoms with Gasteiger partial charge in [0.25, 0.3) is 0 Å². The van der Waals surface area contributed by atoms with Gasteiger partial charge in [0.15, 0.2) is 0 Å². The summed E-state index contributed by atoms with van der Waals surface area (Å²) in [7, 11) is -3.75. The van der Waals surface area contributed by atoms with Gasteiger partial charge in [0, 0.05) is 5.56 Å². The predicted octanol–water partition coefficient (Wildman–Crippen LogP) is 5.43. The maximum absolute atomic E-state index is 13.8. The van der Waals surface area contributed by atoms with Gasteiger partial charge in [-0.1, -0.05) is 75.4 Å². The van der Waals surface area contributed by atoms with Gasteiger partial charge in [-0.05, 0) is 35.2 Å². The molecule has 4 rings (SSSR count). The van der Waals surface area contributed by atoms with Gasteiger partial charge >= 0.3 is 0 Å². The lowest BCUT2D eigenvalue weighted by atomic mass is 9.85. The molecule has 5 nitrogen and oxygen atoms in total. The van der Waals surface area contributed by atoms with Crippen molar-refractivity contribution in [2.75, 3.05) is 17.5 Å². The van der Waals surface area contributed by atoms with Gasteiger partial charge in [0.05, 0.1) is 23.7 Å². The molecule has 168 valence electrons. The minimum atomic E-state index is -3.75. The first-order valence-corrected chi connectivity index (χ1v) is 12.4. The molecule has 1 unspecified atom stereocenters. The molecule has 0 amide bonds. The standard InChI is InChI=1S/C26H29NO4S/c1-26(2,3)25-23(15-10-16-24(25)31-18-22-17-30-22)27(21-13-8-5-9-14-21)32(28,29)19-20-11-6-4-7-12-20/h4-16,22H,17-19H2,1-3H3.